The Labute approximate surface area is 141 Å². The van der Waals surface area contributed by atoms with Gasteiger partial charge in [-0.05, 0) is 32.0 Å². The molecule has 0 aliphatic carbocycles. The number of aromatic hydroxyl groups is 1. The Balaban J connectivity index is 2.01. The van der Waals surface area contributed by atoms with E-state index >= 15 is 0 Å². The Bertz CT molecular complexity index is 927. The summed E-state index contributed by atoms with van der Waals surface area (Å²) in [6.45, 7) is 3.84. The molecule has 0 bridgehead atoms. The summed E-state index contributed by atoms with van der Waals surface area (Å²) in [7, 11) is 0. The average Bonchev–Trinajstić information content (AvgIpc) is 2.84. The van der Waals surface area contributed by atoms with Crippen molar-refractivity contribution in [3.8, 4) is 5.88 Å². The van der Waals surface area contributed by atoms with Gasteiger partial charge in [-0.1, -0.05) is 18.2 Å². The summed E-state index contributed by atoms with van der Waals surface area (Å²) < 4.78 is 39.4. The van der Waals surface area contributed by atoms with Crippen molar-refractivity contribution in [1.82, 2.24) is 9.55 Å². The standard InChI is InChI=1S/C17H15F3N4O/c1-10(2)24-13-6-4-3-5-12(13)15(16(24)25)23-22-14-8-7-11(9-21-14)17(18,19)20/h3-10,25H,1-2H3. The van der Waals surface area contributed by atoms with Gasteiger partial charge in [-0.3, -0.25) is 0 Å². The summed E-state index contributed by atoms with van der Waals surface area (Å²) >= 11 is 0. The van der Waals surface area contributed by atoms with E-state index in [-0.39, 0.29) is 23.4 Å². The Kier molecular flexibility index (Phi) is 4.20. The number of fused-ring (bicyclic) bond motifs is 1. The van der Waals surface area contributed by atoms with E-state index in [2.05, 4.69) is 15.2 Å². The molecule has 0 atom stereocenters. The van der Waals surface area contributed by atoms with Crippen LogP contribution in [0.15, 0.2) is 52.8 Å². The molecule has 2 aromatic heterocycles. The fourth-order valence-electron chi connectivity index (χ4n) is 2.57. The van der Waals surface area contributed by atoms with Crippen molar-refractivity contribution in [2.45, 2.75) is 26.1 Å². The van der Waals surface area contributed by atoms with E-state index in [1.165, 1.54) is 0 Å². The first-order valence-corrected chi connectivity index (χ1v) is 7.56. The number of hydrogen-bond acceptors (Lipinski definition) is 4. The minimum Gasteiger partial charge on any atom is -0.493 e. The molecule has 3 rings (SSSR count). The normalized spacial score (nSPS) is 12.6. The van der Waals surface area contributed by atoms with Crippen LogP contribution in [0.3, 0.4) is 0 Å². The van der Waals surface area contributed by atoms with Crippen molar-refractivity contribution >= 4 is 22.4 Å². The number of pyridine rings is 1. The van der Waals surface area contributed by atoms with E-state index in [1.54, 1.807) is 10.6 Å². The van der Waals surface area contributed by atoms with Gasteiger partial charge in [0.05, 0.1) is 11.1 Å². The number of para-hydroxylation sites is 1. The summed E-state index contributed by atoms with van der Waals surface area (Å²) in [5.74, 6) is -0.0272. The van der Waals surface area contributed by atoms with E-state index in [0.29, 0.717) is 11.6 Å². The molecule has 2 heterocycles. The minimum atomic E-state index is -4.45. The number of azo groups is 1. The van der Waals surface area contributed by atoms with Crippen molar-refractivity contribution in [2.24, 2.45) is 10.2 Å². The van der Waals surface area contributed by atoms with Crippen LogP contribution in [0.4, 0.5) is 24.7 Å². The topological polar surface area (TPSA) is 62.8 Å². The van der Waals surface area contributed by atoms with Crippen LogP contribution in [-0.2, 0) is 6.18 Å². The van der Waals surface area contributed by atoms with Gasteiger partial charge in [0.25, 0.3) is 0 Å². The lowest BCUT2D eigenvalue weighted by atomic mass is 10.2. The number of rotatable bonds is 3. The molecule has 130 valence electrons. The molecule has 0 aliphatic rings. The van der Waals surface area contributed by atoms with Crippen LogP contribution >= 0.6 is 0 Å². The van der Waals surface area contributed by atoms with Crippen LogP contribution in [0.5, 0.6) is 5.88 Å². The largest absolute Gasteiger partial charge is 0.493 e. The smallest absolute Gasteiger partial charge is 0.417 e. The first-order chi connectivity index (χ1) is 11.8. The zero-order chi connectivity index (χ0) is 18.2. The molecule has 1 aromatic carbocycles. The number of aromatic nitrogens is 2. The van der Waals surface area contributed by atoms with Crippen molar-refractivity contribution in [3.63, 3.8) is 0 Å². The lowest BCUT2D eigenvalue weighted by molar-refractivity contribution is -0.137. The molecule has 0 saturated carbocycles. The van der Waals surface area contributed by atoms with Crippen LogP contribution in [-0.4, -0.2) is 14.7 Å². The van der Waals surface area contributed by atoms with Gasteiger partial charge in [0.15, 0.2) is 11.5 Å². The fourth-order valence-corrected chi connectivity index (χ4v) is 2.57. The van der Waals surface area contributed by atoms with E-state index in [9.17, 15) is 18.3 Å². The third-order valence-corrected chi connectivity index (χ3v) is 3.70. The highest BCUT2D eigenvalue weighted by Crippen LogP contribution is 2.41. The molecule has 0 saturated heterocycles. The predicted molar refractivity (Wildman–Crippen MR) is 87.4 cm³/mol. The highest BCUT2D eigenvalue weighted by molar-refractivity contribution is 5.95. The summed E-state index contributed by atoms with van der Waals surface area (Å²) in [4.78, 5) is 3.64. The number of halogens is 3. The van der Waals surface area contributed by atoms with Crippen molar-refractivity contribution in [3.05, 3.63) is 48.2 Å². The average molecular weight is 348 g/mol. The molecule has 0 aliphatic heterocycles. The molecular weight excluding hydrogens is 333 g/mol. The molecule has 0 unspecified atom stereocenters. The summed E-state index contributed by atoms with van der Waals surface area (Å²) in [6, 6.07) is 9.32. The van der Waals surface area contributed by atoms with Crippen LogP contribution < -0.4 is 0 Å². The van der Waals surface area contributed by atoms with Gasteiger partial charge in [-0.2, -0.15) is 13.2 Å². The number of alkyl halides is 3. The first kappa shape index (κ1) is 16.9. The van der Waals surface area contributed by atoms with Crippen LogP contribution in [0.25, 0.3) is 10.9 Å². The summed E-state index contributed by atoms with van der Waals surface area (Å²) in [5.41, 5.74) is 0.195. The summed E-state index contributed by atoms with van der Waals surface area (Å²) in [5, 5.41) is 19.0. The molecular formula is C17H15F3N4O. The zero-order valence-corrected chi connectivity index (χ0v) is 13.5. The van der Waals surface area contributed by atoms with Crippen LogP contribution in [0.2, 0.25) is 0 Å². The number of benzene rings is 1. The molecule has 0 radical (unpaired) electrons. The fraction of sp³-hybridized carbons (Fsp3) is 0.235. The van der Waals surface area contributed by atoms with E-state index < -0.39 is 11.7 Å². The number of nitrogens with zero attached hydrogens (tertiary/aromatic N) is 4. The Hall–Kier alpha value is -2.90. The van der Waals surface area contributed by atoms with Gasteiger partial charge in [0.2, 0.25) is 5.88 Å². The van der Waals surface area contributed by atoms with Crippen LogP contribution in [0, 0.1) is 0 Å². The molecule has 0 fully saturated rings. The van der Waals surface area contributed by atoms with Gasteiger partial charge >= 0.3 is 6.18 Å². The van der Waals surface area contributed by atoms with Gasteiger partial charge in [0.1, 0.15) is 0 Å². The van der Waals surface area contributed by atoms with Crippen LogP contribution in [0.1, 0.15) is 25.5 Å². The van der Waals surface area contributed by atoms with Gasteiger partial charge in [-0.15, -0.1) is 10.2 Å². The zero-order valence-electron chi connectivity index (χ0n) is 13.5. The maximum Gasteiger partial charge on any atom is 0.417 e. The van der Waals surface area contributed by atoms with E-state index in [1.807, 2.05) is 32.0 Å². The second kappa shape index (κ2) is 6.19. The van der Waals surface area contributed by atoms with Crippen molar-refractivity contribution in [1.29, 1.82) is 0 Å². The minimum absolute atomic E-state index is 0.00181. The third-order valence-electron chi connectivity index (χ3n) is 3.70. The molecule has 5 nitrogen and oxygen atoms in total. The summed E-state index contributed by atoms with van der Waals surface area (Å²) in [6.07, 6.45) is -3.75. The molecule has 8 heteroatoms. The first-order valence-electron chi connectivity index (χ1n) is 7.56. The highest BCUT2D eigenvalue weighted by atomic mass is 19.4. The maximum absolute atomic E-state index is 12.5. The third kappa shape index (κ3) is 3.19. The molecule has 3 aromatic rings. The van der Waals surface area contributed by atoms with Gasteiger partial charge < -0.3 is 9.67 Å². The molecule has 25 heavy (non-hydrogen) atoms. The maximum atomic E-state index is 12.5. The molecule has 0 spiro atoms. The lowest BCUT2D eigenvalue weighted by Gasteiger charge is -2.10. The van der Waals surface area contributed by atoms with Gasteiger partial charge in [-0.25, -0.2) is 4.98 Å². The highest BCUT2D eigenvalue weighted by Gasteiger charge is 2.30. The van der Waals surface area contributed by atoms with Gasteiger partial charge in [0, 0.05) is 17.6 Å². The van der Waals surface area contributed by atoms with E-state index in [0.717, 1.165) is 17.6 Å². The second-order valence-electron chi connectivity index (χ2n) is 5.76. The monoisotopic (exact) mass is 348 g/mol. The van der Waals surface area contributed by atoms with Crippen molar-refractivity contribution < 1.29 is 18.3 Å². The second-order valence-corrected chi connectivity index (χ2v) is 5.76. The Morgan fingerprint density at radius 2 is 1.80 bits per heavy atom. The lowest BCUT2D eigenvalue weighted by Crippen LogP contribution is -2.04. The predicted octanol–water partition coefficient (Wildman–Crippen LogP) is 5.76. The molecule has 0 amide bonds. The Morgan fingerprint density at radius 1 is 1.08 bits per heavy atom. The van der Waals surface area contributed by atoms with Crippen molar-refractivity contribution in [2.75, 3.05) is 0 Å². The SMILES string of the molecule is CC(C)n1c(O)c(N=Nc2ccc(C(F)(F)F)cn2)c2ccccc21. The molecule has 1 N–H and O–H groups in total. The quantitative estimate of drug-likeness (QED) is 0.612. The van der Waals surface area contributed by atoms with E-state index in [4.69, 9.17) is 0 Å². The number of hydrogen-bond donors (Lipinski definition) is 1. The Morgan fingerprint density at radius 3 is 2.40 bits per heavy atom.